The predicted octanol–water partition coefficient (Wildman–Crippen LogP) is 3.80. The summed E-state index contributed by atoms with van der Waals surface area (Å²) in [7, 11) is 0. The number of nitrogens with one attached hydrogen (secondary N) is 1. The zero-order chi connectivity index (χ0) is 14.2. The second kappa shape index (κ2) is 7.09. The van der Waals surface area contributed by atoms with Crippen molar-refractivity contribution in [1.82, 2.24) is 0 Å². The summed E-state index contributed by atoms with van der Waals surface area (Å²) in [6, 6.07) is 15.8. The van der Waals surface area contributed by atoms with Crippen LogP contribution in [-0.4, -0.2) is 12.6 Å². The molecule has 0 saturated heterocycles. The van der Waals surface area contributed by atoms with Gasteiger partial charge in [0.05, 0.1) is 0 Å². The molecule has 0 saturated carbocycles. The molecule has 0 heterocycles. The molecule has 0 fully saturated rings. The van der Waals surface area contributed by atoms with Crippen molar-refractivity contribution in [2.24, 2.45) is 0 Å². The zero-order valence-corrected chi connectivity index (χ0v) is 10.8. The van der Waals surface area contributed by atoms with Crippen LogP contribution in [-0.2, 0) is 0 Å². The lowest BCUT2D eigenvalue weighted by Crippen LogP contribution is -1.96. The minimum Gasteiger partial charge on any atom is -0.463 e. The van der Waals surface area contributed by atoms with Crippen LogP contribution in [0, 0.1) is 0 Å². The van der Waals surface area contributed by atoms with Crippen LogP contribution in [0.2, 0.25) is 0 Å². The van der Waals surface area contributed by atoms with Crippen LogP contribution in [0.15, 0.2) is 66.9 Å². The molecule has 3 nitrogen and oxygen atoms in total. The smallest absolute Gasteiger partial charge is 0.228 e. The van der Waals surface area contributed by atoms with Crippen LogP contribution in [0.4, 0.5) is 10.1 Å². The van der Waals surface area contributed by atoms with Crippen LogP contribution in [0.5, 0.6) is 5.75 Å². The second-order valence-corrected chi connectivity index (χ2v) is 3.99. The van der Waals surface area contributed by atoms with Gasteiger partial charge < -0.3 is 10.1 Å². The van der Waals surface area contributed by atoms with E-state index >= 15 is 0 Å². The van der Waals surface area contributed by atoms with Crippen LogP contribution in [0.1, 0.15) is 10.4 Å². The molecule has 20 heavy (non-hydrogen) atoms. The van der Waals surface area contributed by atoms with Gasteiger partial charge >= 0.3 is 0 Å². The molecule has 0 aromatic heterocycles. The number of allylic oxidation sites excluding steroid dienone is 1. The van der Waals surface area contributed by atoms with Gasteiger partial charge in [0, 0.05) is 23.5 Å². The highest BCUT2D eigenvalue weighted by molar-refractivity contribution is 6.04. The monoisotopic (exact) mass is 270 g/mol. The van der Waals surface area contributed by atoms with Gasteiger partial charge in [-0.25, -0.2) is 4.39 Å². The Hall–Kier alpha value is -2.62. The third-order valence-electron chi connectivity index (χ3n) is 2.62. The maximum absolute atomic E-state index is 11.9. The van der Waals surface area contributed by atoms with Crippen LogP contribution < -0.4 is 10.1 Å². The Morgan fingerprint density at radius 1 is 1.10 bits per heavy atom. The molecule has 0 unspecified atom stereocenters. The van der Waals surface area contributed by atoms with Crippen LogP contribution in [0.3, 0.4) is 0 Å². The van der Waals surface area contributed by atoms with Crippen molar-refractivity contribution < 1.29 is 13.9 Å². The van der Waals surface area contributed by atoms with E-state index in [1.165, 1.54) is 6.08 Å². The molecule has 2 rings (SSSR count). The summed E-state index contributed by atoms with van der Waals surface area (Å²) in [6.07, 6.45) is 3.03. The van der Waals surface area contributed by atoms with E-state index in [9.17, 15) is 9.18 Å². The topological polar surface area (TPSA) is 38.3 Å². The van der Waals surface area contributed by atoms with E-state index in [0.717, 1.165) is 5.69 Å². The molecular formula is C16H14FNO2. The molecule has 0 aliphatic carbocycles. The first-order valence-electron chi connectivity index (χ1n) is 6.11. The molecule has 0 aliphatic rings. The van der Waals surface area contributed by atoms with Gasteiger partial charge in [-0.2, -0.15) is 0 Å². The van der Waals surface area contributed by atoms with E-state index in [2.05, 4.69) is 5.32 Å². The number of alkyl halides is 1. The quantitative estimate of drug-likeness (QED) is 0.641. The molecule has 0 bridgehead atoms. The number of carbonyl (C=O) groups is 1. The normalized spacial score (nSPS) is 10.4. The van der Waals surface area contributed by atoms with Crippen molar-refractivity contribution >= 4 is 11.5 Å². The molecule has 2 aromatic carbocycles. The number of hydrogen-bond acceptors (Lipinski definition) is 3. The number of ether oxygens (including phenoxy) is 1. The van der Waals surface area contributed by atoms with Gasteiger partial charge in [-0.15, -0.1) is 0 Å². The number of ketones is 1. The molecule has 102 valence electrons. The second-order valence-electron chi connectivity index (χ2n) is 3.99. The van der Waals surface area contributed by atoms with E-state index in [-0.39, 0.29) is 5.78 Å². The third kappa shape index (κ3) is 3.95. The van der Waals surface area contributed by atoms with Crippen molar-refractivity contribution in [2.75, 3.05) is 12.2 Å². The van der Waals surface area contributed by atoms with E-state index < -0.39 is 6.86 Å². The van der Waals surface area contributed by atoms with E-state index in [1.807, 2.05) is 18.2 Å². The summed E-state index contributed by atoms with van der Waals surface area (Å²) in [5, 5.41) is 2.96. The minimum absolute atomic E-state index is 0.0736. The Labute approximate surface area is 116 Å². The van der Waals surface area contributed by atoms with Crippen LogP contribution in [0.25, 0.3) is 0 Å². The average molecular weight is 270 g/mol. The first-order chi connectivity index (χ1) is 9.79. The number of rotatable bonds is 6. The molecular weight excluding hydrogens is 256 g/mol. The maximum Gasteiger partial charge on any atom is 0.228 e. The van der Waals surface area contributed by atoms with Gasteiger partial charge in [0.15, 0.2) is 5.78 Å². The Bertz CT molecular complexity index is 579. The molecule has 0 spiro atoms. The number of hydrogen-bond donors (Lipinski definition) is 1. The summed E-state index contributed by atoms with van der Waals surface area (Å²) in [5.74, 6) is 0.387. The lowest BCUT2D eigenvalue weighted by molar-refractivity contribution is 0.104. The summed E-state index contributed by atoms with van der Waals surface area (Å²) < 4.78 is 16.6. The van der Waals surface area contributed by atoms with Gasteiger partial charge in [-0.05, 0) is 24.3 Å². The fourth-order valence-corrected chi connectivity index (χ4v) is 1.62. The van der Waals surface area contributed by atoms with Gasteiger partial charge in [0.25, 0.3) is 0 Å². The summed E-state index contributed by atoms with van der Waals surface area (Å²) in [5.41, 5.74) is 1.42. The fourth-order valence-electron chi connectivity index (χ4n) is 1.62. The molecule has 2 aromatic rings. The first-order valence-corrected chi connectivity index (χ1v) is 6.11. The average Bonchev–Trinajstić information content (AvgIpc) is 2.50. The Kier molecular flexibility index (Phi) is 4.89. The Morgan fingerprint density at radius 3 is 2.45 bits per heavy atom. The van der Waals surface area contributed by atoms with Crippen molar-refractivity contribution in [1.29, 1.82) is 0 Å². The maximum atomic E-state index is 11.9. The molecule has 4 heteroatoms. The fraction of sp³-hybridized carbons (Fsp3) is 0.0625. The lowest BCUT2D eigenvalue weighted by Gasteiger charge is -2.03. The van der Waals surface area contributed by atoms with Crippen molar-refractivity contribution in [3.05, 3.63) is 72.4 Å². The molecule has 0 radical (unpaired) electrons. The Balaban J connectivity index is 1.91. The summed E-state index contributed by atoms with van der Waals surface area (Å²) in [6.45, 7) is -0.849. The minimum atomic E-state index is -0.849. The van der Waals surface area contributed by atoms with E-state index in [4.69, 9.17) is 4.74 Å². The SMILES string of the molecule is O=C(/C=C/Nc1ccc(OC[18F])cc1)c1ccccc1. The standard InChI is InChI=1S/C16H14FNO2/c17-12-20-15-8-6-14(7-9-15)18-11-10-16(19)13-4-2-1-3-5-13/h1-11,18H,12H2/b11-10+/i17-1. The molecule has 0 atom stereocenters. The van der Waals surface area contributed by atoms with Gasteiger partial charge in [0.1, 0.15) is 5.75 Å². The van der Waals surface area contributed by atoms with Crippen molar-refractivity contribution in [3.8, 4) is 5.75 Å². The first kappa shape index (κ1) is 13.8. The molecule has 0 aliphatic heterocycles. The number of halogens is 1. The predicted molar refractivity (Wildman–Crippen MR) is 76.6 cm³/mol. The van der Waals surface area contributed by atoms with Gasteiger partial charge in [-0.1, -0.05) is 30.3 Å². The van der Waals surface area contributed by atoms with Crippen molar-refractivity contribution in [2.45, 2.75) is 0 Å². The highest BCUT2D eigenvalue weighted by Gasteiger charge is 1.99. The third-order valence-corrected chi connectivity index (χ3v) is 2.62. The highest BCUT2D eigenvalue weighted by atomic mass is 18.2. The van der Waals surface area contributed by atoms with Crippen molar-refractivity contribution in [3.63, 3.8) is 0 Å². The largest absolute Gasteiger partial charge is 0.463 e. The van der Waals surface area contributed by atoms with E-state index in [1.54, 1.807) is 42.6 Å². The lowest BCUT2D eigenvalue weighted by atomic mass is 10.1. The molecule has 1 N–H and O–H groups in total. The van der Waals surface area contributed by atoms with Crippen LogP contribution >= 0.6 is 0 Å². The zero-order valence-electron chi connectivity index (χ0n) is 10.8. The summed E-state index contributed by atoms with van der Waals surface area (Å²) >= 11 is 0. The van der Waals surface area contributed by atoms with Gasteiger partial charge in [-0.3, -0.25) is 4.79 Å². The number of carbonyl (C=O) groups excluding carboxylic acids is 1. The number of anilines is 1. The highest BCUT2D eigenvalue weighted by Crippen LogP contribution is 2.15. The number of benzene rings is 2. The van der Waals surface area contributed by atoms with Gasteiger partial charge in [0.2, 0.25) is 6.86 Å². The summed E-state index contributed by atoms with van der Waals surface area (Å²) in [4.78, 5) is 11.8. The van der Waals surface area contributed by atoms with E-state index in [0.29, 0.717) is 11.3 Å². The molecule has 0 amide bonds. The Morgan fingerprint density at radius 2 is 1.80 bits per heavy atom.